The van der Waals surface area contributed by atoms with Gasteiger partial charge in [0.1, 0.15) is 17.3 Å². The van der Waals surface area contributed by atoms with Crippen molar-refractivity contribution in [3.05, 3.63) is 72.3 Å². The average Bonchev–Trinajstić information content (AvgIpc) is 2.72. The second kappa shape index (κ2) is 8.02. The lowest BCUT2D eigenvalue weighted by Gasteiger charge is -2.28. The van der Waals surface area contributed by atoms with Gasteiger partial charge in [0.2, 0.25) is 0 Å². The summed E-state index contributed by atoms with van der Waals surface area (Å²) in [6.45, 7) is 0.750. The number of alkyl halides is 3. The van der Waals surface area contributed by atoms with E-state index in [-0.39, 0.29) is 5.75 Å². The van der Waals surface area contributed by atoms with E-state index in [4.69, 9.17) is 4.74 Å². The molecule has 0 bridgehead atoms. The van der Waals surface area contributed by atoms with Crippen molar-refractivity contribution < 1.29 is 27.4 Å². The van der Waals surface area contributed by atoms with Crippen molar-refractivity contribution in [2.75, 3.05) is 6.54 Å². The maximum Gasteiger partial charge on any atom is 0.573 e. The molecule has 0 unspecified atom stereocenters. The Bertz CT molecular complexity index is 1040. The molecule has 1 amide bonds. The number of hydrogen-bond donors (Lipinski definition) is 0. The number of aromatic nitrogens is 2. The lowest BCUT2D eigenvalue weighted by molar-refractivity contribution is -0.274. The van der Waals surface area contributed by atoms with Crippen LogP contribution in [0.1, 0.15) is 11.4 Å². The molecule has 0 saturated heterocycles. The van der Waals surface area contributed by atoms with E-state index in [0.29, 0.717) is 36.6 Å². The topological polar surface area (TPSA) is 64.6 Å². The van der Waals surface area contributed by atoms with E-state index in [0.717, 1.165) is 11.1 Å². The molecular weight excluding hydrogens is 399 g/mol. The van der Waals surface area contributed by atoms with Gasteiger partial charge < -0.3 is 14.4 Å². The van der Waals surface area contributed by atoms with Gasteiger partial charge in [-0.05, 0) is 41.5 Å². The number of carbonyl (C=O) groups is 1. The van der Waals surface area contributed by atoms with Crippen molar-refractivity contribution >= 4 is 6.09 Å². The van der Waals surface area contributed by atoms with Crippen molar-refractivity contribution in [3.8, 4) is 22.6 Å². The van der Waals surface area contributed by atoms with Gasteiger partial charge in [0.15, 0.2) is 0 Å². The van der Waals surface area contributed by atoms with Gasteiger partial charge in [-0.1, -0.05) is 18.2 Å². The number of amides is 1. The maximum atomic E-state index is 12.3. The fourth-order valence-electron chi connectivity index (χ4n) is 3.12. The van der Waals surface area contributed by atoms with Crippen molar-refractivity contribution in [2.24, 2.45) is 0 Å². The fourth-order valence-corrected chi connectivity index (χ4v) is 3.12. The summed E-state index contributed by atoms with van der Waals surface area (Å²) in [7, 11) is 0. The van der Waals surface area contributed by atoms with Crippen LogP contribution in [0.4, 0.5) is 18.0 Å². The number of nitrogens with zero attached hydrogens (tertiary/aromatic N) is 3. The Labute approximate surface area is 169 Å². The van der Waals surface area contributed by atoms with E-state index in [2.05, 4.69) is 14.7 Å². The summed E-state index contributed by atoms with van der Waals surface area (Å²) in [5, 5.41) is 0. The van der Waals surface area contributed by atoms with Gasteiger partial charge in [0.05, 0.1) is 6.54 Å². The van der Waals surface area contributed by atoms with Crippen LogP contribution < -0.4 is 9.47 Å². The van der Waals surface area contributed by atoms with E-state index in [1.165, 1.54) is 12.1 Å². The van der Waals surface area contributed by atoms with E-state index in [1.54, 1.807) is 47.6 Å². The molecule has 0 fully saturated rings. The maximum absolute atomic E-state index is 12.3. The number of hydrogen-bond acceptors (Lipinski definition) is 5. The summed E-state index contributed by atoms with van der Waals surface area (Å²) in [5.74, 6) is 0.812. The Morgan fingerprint density at radius 1 is 1.03 bits per heavy atom. The highest BCUT2D eigenvalue weighted by Crippen LogP contribution is 2.32. The number of carbonyl (C=O) groups excluding carboxylic acids is 1. The standard InChI is InChI=1S/C21H16F3N3O3/c22-21(23,24)30-17-5-2-14(3-6-17)15-4-7-18-16(12-15)13-27(20(28)29-18)11-8-19-25-9-1-10-26-19/h1-7,9-10,12H,8,11,13H2. The molecule has 1 aliphatic heterocycles. The summed E-state index contributed by atoms with van der Waals surface area (Å²) in [5.41, 5.74) is 2.31. The highest BCUT2D eigenvalue weighted by molar-refractivity contribution is 5.75. The molecule has 2 heterocycles. The smallest absolute Gasteiger partial charge is 0.410 e. The molecule has 3 aromatic rings. The fraction of sp³-hybridized carbons (Fsp3) is 0.190. The molecule has 154 valence electrons. The molecule has 2 aromatic carbocycles. The summed E-state index contributed by atoms with van der Waals surface area (Å²) in [4.78, 5) is 22.1. The molecule has 0 atom stereocenters. The third-order valence-corrected chi connectivity index (χ3v) is 4.52. The molecule has 9 heteroatoms. The van der Waals surface area contributed by atoms with Gasteiger partial charge in [0.25, 0.3) is 0 Å². The van der Waals surface area contributed by atoms with Gasteiger partial charge >= 0.3 is 12.5 Å². The zero-order chi connectivity index (χ0) is 21.1. The Hall–Kier alpha value is -3.62. The predicted molar refractivity (Wildman–Crippen MR) is 101 cm³/mol. The lowest BCUT2D eigenvalue weighted by Crippen LogP contribution is -2.38. The second-order valence-corrected chi connectivity index (χ2v) is 6.60. The monoisotopic (exact) mass is 415 g/mol. The summed E-state index contributed by atoms with van der Waals surface area (Å²) in [6.07, 6.45) is -1.40. The predicted octanol–water partition coefficient (Wildman–Crippen LogP) is 4.60. The molecule has 0 saturated carbocycles. The van der Waals surface area contributed by atoms with Crippen molar-refractivity contribution in [1.29, 1.82) is 0 Å². The van der Waals surface area contributed by atoms with E-state index >= 15 is 0 Å². The molecule has 0 aliphatic carbocycles. The SMILES string of the molecule is O=C1Oc2ccc(-c3ccc(OC(F)(F)F)cc3)cc2CN1CCc1ncccn1. The molecular formula is C21H16F3N3O3. The van der Waals surface area contributed by atoms with Gasteiger partial charge in [-0.25, -0.2) is 14.8 Å². The van der Waals surface area contributed by atoms with Gasteiger partial charge in [0, 0.05) is 30.9 Å². The Morgan fingerprint density at radius 3 is 2.43 bits per heavy atom. The van der Waals surface area contributed by atoms with E-state index < -0.39 is 12.5 Å². The third-order valence-electron chi connectivity index (χ3n) is 4.52. The molecule has 0 radical (unpaired) electrons. The van der Waals surface area contributed by atoms with Crippen molar-refractivity contribution in [1.82, 2.24) is 14.9 Å². The van der Waals surface area contributed by atoms with Crippen molar-refractivity contribution in [2.45, 2.75) is 19.3 Å². The Kier molecular flexibility index (Phi) is 5.26. The van der Waals surface area contributed by atoms with Crippen LogP contribution in [0.15, 0.2) is 60.9 Å². The van der Waals surface area contributed by atoms with Gasteiger partial charge in [-0.2, -0.15) is 0 Å². The first-order chi connectivity index (χ1) is 14.4. The Morgan fingerprint density at radius 2 is 1.73 bits per heavy atom. The highest BCUT2D eigenvalue weighted by Gasteiger charge is 2.31. The van der Waals surface area contributed by atoms with Crippen LogP contribution in [-0.2, 0) is 13.0 Å². The van der Waals surface area contributed by atoms with E-state index in [1.807, 2.05) is 6.07 Å². The minimum Gasteiger partial charge on any atom is -0.410 e. The van der Waals surface area contributed by atoms with Crippen molar-refractivity contribution in [3.63, 3.8) is 0 Å². The molecule has 1 aromatic heterocycles. The van der Waals surface area contributed by atoms with Gasteiger partial charge in [-0.3, -0.25) is 0 Å². The number of fused-ring (bicyclic) bond motifs is 1. The Balaban J connectivity index is 1.48. The van der Waals surface area contributed by atoms with Crippen LogP contribution in [0.3, 0.4) is 0 Å². The number of rotatable bonds is 5. The second-order valence-electron chi connectivity index (χ2n) is 6.60. The zero-order valence-electron chi connectivity index (χ0n) is 15.6. The molecule has 0 spiro atoms. The summed E-state index contributed by atoms with van der Waals surface area (Å²) >= 11 is 0. The van der Waals surface area contributed by atoms with Crippen LogP contribution in [0.5, 0.6) is 11.5 Å². The molecule has 6 nitrogen and oxygen atoms in total. The highest BCUT2D eigenvalue weighted by atomic mass is 19.4. The lowest BCUT2D eigenvalue weighted by atomic mass is 10.0. The summed E-state index contributed by atoms with van der Waals surface area (Å²) in [6, 6.07) is 12.6. The largest absolute Gasteiger partial charge is 0.573 e. The minimum atomic E-state index is -4.73. The number of ether oxygens (including phenoxy) is 2. The first-order valence-electron chi connectivity index (χ1n) is 9.09. The molecule has 0 N–H and O–H groups in total. The first-order valence-corrected chi connectivity index (χ1v) is 9.09. The van der Waals surface area contributed by atoms with Crippen LogP contribution in [0, 0.1) is 0 Å². The third kappa shape index (κ3) is 4.68. The molecule has 4 rings (SSSR count). The van der Waals surface area contributed by atoms with Crippen LogP contribution in [0.2, 0.25) is 0 Å². The van der Waals surface area contributed by atoms with Gasteiger partial charge in [-0.15, -0.1) is 13.2 Å². The average molecular weight is 415 g/mol. The van der Waals surface area contributed by atoms with Crippen LogP contribution >= 0.6 is 0 Å². The normalized spacial score (nSPS) is 13.6. The zero-order valence-corrected chi connectivity index (χ0v) is 15.6. The molecule has 1 aliphatic rings. The summed E-state index contributed by atoms with van der Waals surface area (Å²) < 4.78 is 46.2. The van der Waals surface area contributed by atoms with Crippen LogP contribution in [-0.4, -0.2) is 33.9 Å². The first kappa shape index (κ1) is 19.7. The van der Waals surface area contributed by atoms with Crippen LogP contribution in [0.25, 0.3) is 11.1 Å². The quantitative estimate of drug-likeness (QED) is 0.610. The minimum absolute atomic E-state index is 0.285. The van der Waals surface area contributed by atoms with E-state index in [9.17, 15) is 18.0 Å². The molecule has 30 heavy (non-hydrogen) atoms. The number of benzene rings is 2. The number of halogens is 3.